The molecule has 0 unspecified atom stereocenters. The highest BCUT2D eigenvalue weighted by Gasteiger charge is 2.28. The zero-order valence-electron chi connectivity index (χ0n) is 18.8. The predicted molar refractivity (Wildman–Crippen MR) is 132 cm³/mol. The summed E-state index contributed by atoms with van der Waals surface area (Å²) >= 11 is 5.24. The number of nitrogens with zero attached hydrogens (tertiary/aromatic N) is 1. The van der Waals surface area contributed by atoms with Crippen LogP contribution < -0.4 is 10.6 Å². The molecule has 1 aliphatic rings. The number of benzene rings is 2. The van der Waals surface area contributed by atoms with Crippen molar-refractivity contribution in [1.29, 1.82) is 0 Å². The van der Waals surface area contributed by atoms with Gasteiger partial charge in [0.05, 0.1) is 4.90 Å². The van der Waals surface area contributed by atoms with E-state index < -0.39 is 10.0 Å². The highest BCUT2D eigenvalue weighted by molar-refractivity contribution is 7.89. The van der Waals surface area contributed by atoms with Crippen molar-refractivity contribution in [3.63, 3.8) is 0 Å². The van der Waals surface area contributed by atoms with Crippen LogP contribution in [-0.2, 0) is 10.0 Å². The van der Waals surface area contributed by atoms with Gasteiger partial charge in [0, 0.05) is 24.3 Å². The van der Waals surface area contributed by atoms with Gasteiger partial charge < -0.3 is 5.32 Å². The lowest BCUT2D eigenvalue weighted by atomic mass is 9.96. The molecule has 0 bridgehead atoms. The molecule has 1 fully saturated rings. The predicted octanol–water partition coefficient (Wildman–Crippen LogP) is 4.89. The van der Waals surface area contributed by atoms with E-state index in [2.05, 4.69) is 24.5 Å². The van der Waals surface area contributed by atoms with Gasteiger partial charge in [-0.25, -0.2) is 8.42 Å². The summed E-state index contributed by atoms with van der Waals surface area (Å²) in [5, 5.41) is 5.74. The molecule has 6 nitrogen and oxygen atoms in total. The molecule has 0 aliphatic heterocycles. The molecular formula is C24H31N3O3S2. The third kappa shape index (κ3) is 5.94. The van der Waals surface area contributed by atoms with Gasteiger partial charge in [0.1, 0.15) is 0 Å². The van der Waals surface area contributed by atoms with E-state index in [4.69, 9.17) is 12.2 Å². The standard InChI is InChI=1S/C24H31N3O3S2/c1-17(2)18-9-11-19(12-10-18)23(28)26-24(31)25-20-13-15-22(16-14-20)32(29,30)27(3)21-7-5-4-6-8-21/h9-17,21H,4-8H2,1-3H3,(H2,25,26,28,31). The van der Waals surface area contributed by atoms with Crippen molar-refractivity contribution in [3.8, 4) is 0 Å². The van der Waals surface area contributed by atoms with Gasteiger partial charge in [-0.1, -0.05) is 45.2 Å². The van der Waals surface area contributed by atoms with Crippen LogP contribution in [0, 0.1) is 0 Å². The molecule has 0 radical (unpaired) electrons. The number of carbonyl (C=O) groups is 1. The van der Waals surface area contributed by atoms with Crippen molar-refractivity contribution in [2.45, 2.75) is 62.8 Å². The summed E-state index contributed by atoms with van der Waals surface area (Å²) in [5.41, 5.74) is 2.28. The minimum atomic E-state index is -3.55. The molecule has 2 aromatic carbocycles. The Morgan fingerprint density at radius 3 is 2.16 bits per heavy atom. The number of rotatable bonds is 6. The van der Waals surface area contributed by atoms with Gasteiger partial charge in [0.15, 0.2) is 5.11 Å². The van der Waals surface area contributed by atoms with E-state index in [1.807, 2.05) is 12.1 Å². The maximum Gasteiger partial charge on any atom is 0.257 e. The molecule has 32 heavy (non-hydrogen) atoms. The van der Waals surface area contributed by atoms with Crippen molar-refractivity contribution < 1.29 is 13.2 Å². The second-order valence-corrected chi connectivity index (χ2v) is 10.9. The van der Waals surface area contributed by atoms with E-state index in [9.17, 15) is 13.2 Å². The summed E-state index contributed by atoms with van der Waals surface area (Å²) in [6.07, 6.45) is 5.12. The van der Waals surface area contributed by atoms with Crippen molar-refractivity contribution in [2.24, 2.45) is 0 Å². The lowest BCUT2D eigenvalue weighted by Crippen LogP contribution is -2.38. The van der Waals surface area contributed by atoms with Gasteiger partial charge in [0.2, 0.25) is 10.0 Å². The number of sulfonamides is 1. The molecule has 2 N–H and O–H groups in total. The van der Waals surface area contributed by atoms with Crippen LogP contribution in [0.2, 0.25) is 0 Å². The van der Waals surface area contributed by atoms with E-state index >= 15 is 0 Å². The first-order valence-electron chi connectivity index (χ1n) is 11.0. The SMILES string of the molecule is CC(C)c1ccc(C(=O)NC(=S)Nc2ccc(S(=O)(=O)N(C)C3CCCCC3)cc2)cc1. The van der Waals surface area contributed by atoms with Crippen LogP contribution >= 0.6 is 12.2 Å². The van der Waals surface area contributed by atoms with Crippen molar-refractivity contribution >= 4 is 38.9 Å². The van der Waals surface area contributed by atoms with Gasteiger partial charge in [-0.3, -0.25) is 10.1 Å². The number of thiocarbonyl (C=S) groups is 1. The van der Waals surface area contributed by atoms with Crippen molar-refractivity contribution in [3.05, 3.63) is 59.7 Å². The van der Waals surface area contributed by atoms with Gasteiger partial charge in [-0.15, -0.1) is 0 Å². The molecule has 0 heterocycles. The van der Waals surface area contributed by atoms with E-state index in [1.54, 1.807) is 43.4 Å². The zero-order chi connectivity index (χ0) is 23.3. The molecule has 8 heteroatoms. The van der Waals surface area contributed by atoms with Gasteiger partial charge >= 0.3 is 0 Å². The molecular weight excluding hydrogens is 442 g/mol. The Hall–Kier alpha value is -2.29. The molecule has 0 atom stereocenters. The van der Waals surface area contributed by atoms with Gasteiger partial charge in [-0.2, -0.15) is 4.31 Å². The fourth-order valence-electron chi connectivity index (χ4n) is 3.87. The maximum atomic E-state index is 13.0. The molecule has 0 aromatic heterocycles. The fourth-order valence-corrected chi connectivity index (χ4v) is 5.50. The minimum absolute atomic E-state index is 0.0592. The van der Waals surface area contributed by atoms with E-state index in [1.165, 1.54) is 10.7 Å². The van der Waals surface area contributed by atoms with E-state index in [0.29, 0.717) is 17.2 Å². The summed E-state index contributed by atoms with van der Waals surface area (Å²) in [5.74, 6) is 0.0928. The number of carbonyl (C=O) groups excluding carboxylic acids is 1. The number of anilines is 1. The first kappa shape index (κ1) is 24.4. The van der Waals surface area contributed by atoms with E-state index in [-0.39, 0.29) is 22.0 Å². The molecule has 172 valence electrons. The minimum Gasteiger partial charge on any atom is -0.332 e. The largest absolute Gasteiger partial charge is 0.332 e. The van der Waals surface area contributed by atoms with Gasteiger partial charge in [-0.05, 0) is 72.9 Å². The Balaban J connectivity index is 1.59. The molecule has 0 saturated heterocycles. The second-order valence-electron chi connectivity index (χ2n) is 8.52. The second kappa shape index (κ2) is 10.6. The van der Waals surface area contributed by atoms with Gasteiger partial charge in [0.25, 0.3) is 5.91 Å². The number of hydrogen-bond acceptors (Lipinski definition) is 4. The lowest BCUT2D eigenvalue weighted by Gasteiger charge is -2.30. The summed E-state index contributed by atoms with van der Waals surface area (Å²) in [6, 6.07) is 13.9. The summed E-state index contributed by atoms with van der Waals surface area (Å²) in [7, 11) is -1.88. The monoisotopic (exact) mass is 473 g/mol. The Kier molecular flexibility index (Phi) is 8.03. The highest BCUT2D eigenvalue weighted by atomic mass is 32.2. The van der Waals surface area contributed by atoms with Crippen LogP contribution in [0.1, 0.15) is 67.8 Å². The zero-order valence-corrected chi connectivity index (χ0v) is 20.4. The van der Waals surface area contributed by atoms with Crippen LogP contribution in [0.25, 0.3) is 0 Å². The first-order valence-corrected chi connectivity index (χ1v) is 12.8. The van der Waals surface area contributed by atoms with Crippen molar-refractivity contribution in [2.75, 3.05) is 12.4 Å². The third-order valence-corrected chi connectivity index (χ3v) is 8.07. The van der Waals surface area contributed by atoms with Crippen LogP contribution in [0.4, 0.5) is 5.69 Å². The fraction of sp³-hybridized carbons (Fsp3) is 0.417. The van der Waals surface area contributed by atoms with Crippen LogP contribution in [0.15, 0.2) is 53.4 Å². The van der Waals surface area contributed by atoms with Crippen LogP contribution in [-0.4, -0.2) is 36.8 Å². The summed E-state index contributed by atoms with van der Waals surface area (Å²) in [6.45, 7) is 4.19. The number of hydrogen-bond donors (Lipinski definition) is 2. The Morgan fingerprint density at radius 2 is 1.59 bits per heavy atom. The lowest BCUT2D eigenvalue weighted by molar-refractivity contribution is 0.0977. The Morgan fingerprint density at radius 1 is 1.00 bits per heavy atom. The molecule has 1 saturated carbocycles. The van der Waals surface area contributed by atoms with Crippen LogP contribution in [0.3, 0.4) is 0 Å². The maximum absolute atomic E-state index is 13.0. The molecule has 1 amide bonds. The van der Waals surface area contributed by atoms with Crippen LogP contribution in [0.5, 0.6) is 0 Å². The van der Waals surface area contributed by atoms with Crippen molar-refractivity contribution in [1.82, 2.24) is 9.62 Å². The Labute approximate surface area is 196 Å². The summed E-state index contributed by atoms with van der Waals surface area (Å²) < 4.78 is 27.4. The molecule has 3 rings (SSSR count). The summed E-state index contributed by atoms with van der Waals surface area (Å²) in [4.78, 5) is 12.7. The molecule has 2 aromatic rings. The van der Waals surface area contributed by atoms with E-state index in [0.717, 1.165) is 31.2 Å². The molecule has 0 spiro atoms. The first-order chi connectivity index (χ1) is 15.2. The average molecular weight is 474 g/mol. The smallest absolute Gasteiger partial charge is 0.257 e. The normalized spacial score (nSPS) is 15.0. The topological polar surface area (TPSA) is 78.5 Å². The third-order valence-electron chi connectivity index (χ3n) is 5.94. The number of nitrogens with one attached hydrogen (secondary N) is 2. The number of amides is 1. The molecule has 1 aliphatic carbocycles. The quantitative estimate of drug-likeness (QED) is 0.584. The average Bonchev–Trinajstić information content (AvgIpc) is 2.79. The Bertz CT molecular complexity index is 1040. The highest BCUT2D eigenvalue weighted by Crippen LogP contribution is 2.27.